The molecule has 0 atom stereocenters. The van der Waals surface area contributed by atoms with Crippen molar-refractivity contribution in [1.29, 1.82) is 0 Å². The summed E-state index contributed by atoms with van der Waals surface area (Å²) in [7, 11) is 0. The Morgan fingerprint density at radius 3 is 1.32 bits per heavy atom. The summed E-state index contributed by atoms with van der Waals surface area (Å²) in [5.74, 6) is 0. The van der Waals surface area contributed by atoms with Crippen LogP contribution in [0.2, 0.25) is 0 Å². The van der Waals surface area contributed by atoms with Crippen molar-refractivity contribution < 1.29 is 0 Å². The summed E-state index contributed by atoms with van der Waals surface area (Å²) in [5.41, 5.74) is 14.5. The molecule has 2 nitrogen and oxygen atoms in total. The van der Waals surface area contributed by atoms with Crippen molar-refractivity contribution in [1.82, 2.24) is 9.13 Å². The van der Waals surface area contributed by atoms with Crippen LogP contribution in [-0.4, -0.2) is 9.13 Å². The molecular weight excluding hydrogens is 605 g/mol. The van der Waals surface area contributed by atoms with Crippen molar-refractivity contribution in [3.05, 3.63) is 194 Å². The Bertz CT molecular complexity index is 2840. The molecule has 0 saturated carbocycles. The van der Waals surface area contributed by atoms with Gasteiger partial charge < -0.3 is 9.13 Å². The zero-order valence-electron chi connectivity index (χ0n) is 27.4. The molecular formula is C48H32N2. The van der Waals surface area contributed by atoms with Crippen LogP contribution in [-0.2, 0) is 0 Å². The van der Waals surface area contributed by atoms with Crippen molar-refractivity contribution in [2.75, 3.05) is 0 Å². The molecule has 10 aromatic rings. The lowest BCUT2D eigenvalue weighted by Gasteiger charge is -2.13. The number of hydrogen-bond donors (Lipinski definition) is 0. The summed E-state index contributed by atoms with van der Waals surface area (Å²) in [6.07, 6.45) is 0. The van der Waals surface area contributed by atoms with E-state index in [4.69, 9.17) is 0 Å². The molecule has 0 saturated heterocycles. The van der Waals surface area contributed by atoms with Gasteiger partial charge in [-0.3, -0.25) is 0 Å². The molecule has 0 aliphatic carbocycles. The highest BCUT2D eigenvalue weighted by Gasteiger charge is 2.20. The van der Waals surface area contributed by atoms with Gasteiger partial charge in [0.25, 0.3) is 0 Å². The molecule has 2 heteroatoms. The molecule has 0 aliphatic rings. The van der Waals surface area contributed by atoms with Gasteiger partial charge in [-0.05, 0) is 81.9 Å². The maximum Gasteiger partial charge on any atom is 0.0548 e. The lowest BCUT2D eigenvalue weighted by molar-refractivity contribution is 1.17. The number of aromatic nitrogens is 2. The molecule has 0 fully saturated rings. The van der Waals surface area contributed by atoms with Gasteiger partial charge in [0.15, 0.2) is 0 Å². The summed E-state index contributed by atoms with van der Waals surface area (Å²) in [5, 5.41) is 5.08. The summed E-state index contributed by atoms with van der Waals surface area (Å²) in [6, 6.07) is 70.3. The van der Waals surface area contributed by atoms with Gasteiger partial charge in [-0.15, -0.1) is 0 Å². The van der Waals surface area contributed by atoms with E-state index in [1.165, 1.54) is 77.0 Å². The highest BCUT2D eigenvalue weighted by Crippen LogP contribution is 2.43. The highest BCUT2D eigenvalue weighted by atomic mass is 15.0. The second kappa shape index (κ2) is 11.5. The monoisotopic (exact) mass is 636 g/mol. The molecule has 8 aromatic carbocycles. The second-order valence-electron chi connectivity index (χ2n) is 12.9. The Morgan fingerprint density at radius 1 is 0.260 bits per heavy atom. The Balaban J connectivity index is 1.18. The first-order chi connectivity index (χ1) is 24.8. The van der Waals surface area contributed by atoms with E-state index in [1.54, 1.807) is 0 Å². The van der Waals surface area contributed by atoms with Crippen LogP contribution in [0, 0.1) is 0 Å². The van der Waals surface area contributed by atoms with Crippen molar-refractivity contribution >= 4 is 43.6 Å². The normalized spacial score (nSPS) is 11.6. The SMILES string of the molecule is c1ccc(-c2cccc(-n3c4ccccc4c4c5c6ccccc6n(-c6ccc(-c7ccccc7-c7ccccc7)cc6)c5ccc43)c2)cc1. The molecule has 0 bridgehead atoms. The van der Waals surface area contributed by atoms with Crippen LogP contribution >= 0.6 is 0 Å². The van der Waals surface area contributed by atoms with Gasteiger partial charge in [0, 0.05) is 32.9 Å². The summed E-state index contributed by atoms with van der Waals surface area (Å²) >= 11 is 0. The lowest BCUT2D eigenvalue weighted by Crippen LogP contribution is -1.95. The van der Waals surface area contributed by atoms with Gasteiger partial charge in [-0.1, -0.05) is 146 Å². The van der Waals surface area contributed by atoms with Gasteiger partial charge in [-0.25, -0.2) is 0 Å². The number of rotatable bonds is 5. The van der Waals surface area contributed by atoms with E-state index in [2.05, 4.69) is 203 Å². The molecule has 0 aliphatic heterocycles. The van der Waals surface area contributed by atoms with E-state index in [0.717, 1.165) is 11.4 Å². The molecule has 2 aromatic heterocycles. The van der Waals surface area contributed by atoms with Crippen LogP contribution in [0.15, 0.2) is 194 Å². The van der Waals surface area contributed by atoms with Crippen molar-refractivity contribution in [3.8, 4) is 44.8 Å². The van der Waals surface area contributed by atoms with Gasteiger partial charge in [0.2, 0.25) is 0 Å². The first-order valence-corrected chi connectivity index (χ1v) is 17.2. The molecule has 0 spiro atoms. The average molecular weight is 637 g/mol. The zero-order valence-corrected chi connectivity index (χ0v) is 27.4. The standard InChI is InChI=1S/C48H32N2/c1-3-14-33(15-4-1)36-18-13-19-38(32-36)50-44-25-12-10-23-42(44)48-46(50)31-30-45-47(48)41-22-9-11-24-43(41)49(45)37-28-26-35(27-29-37)40-21-8-7-20-39(40)34-16-5-2-6-17-34/h1-32H. The zero-order chi connectivity index (χ0) is 33.0. The smallest absolute Gasteiger partial charge is 0.0548 e. The molecule has 2 heterocycles. The van der Waals surface area contributed by atoms with Crippen LogP contribution in [0.3, 0.4) is 0 Å². The fraction of sp³-hybridized carbons (Fsp3) is 0. The van der Waals surface area contributed by atoms with Crippen LogP contribution < -0.4 is 0 Å². The Morgan fingerprint density at radius 2 is 0.720 bits per heavy atom. The quantitative estimate of drug-likeness (QED) is 0.178. The topological polar surface area (TPSA) is 9.86 Å². The number of hydrogen-bond acceptors (Lipinski definition) is 0. The van der Waals surface area contributed by atoms with Crippen LogP contribution in [0.4, 0.5) is 0 Å². The van der Waals surface area contributed by atoms with E-state index >= 15 is 0 Å². The third-order valence-electron chi connectivity index (χ3n) is 10.1. The first-order valence-electron chi connectivity index (χ1n) is 17.2. The maximum atomic E-state index is 2.43. The number of fused-ring (bicyclic) bond motifs is 7. The van der Waals surface area contributed by atoms with E-state index < -0.39 is 0 Å². The lowest BCUT2D eigenvalue weighted by atomic mass is 9.94. The highest BCUT2D eigenvalue weighted by molar-refractivity contribution is 6.28. The van der Waals surface area contributed by atoms with Gasteiger partial charge in [0.1, 0.15) is 0 Å². The van der Waals surface area contributed by atoms with E-state index in [9.17, 15) is 0 Å². The minimum absolute atomic E-state index is 1.15. The minimum atomic E-state index is 1.15. The molecule has 0 amide bonds. The summed E-state index contributed by atoms with van der Waals surface area (Å²) in [4.78, 5) is 0. The average Bonchev–Trinajstić information content (AvgIpc) is 3.72. The van der Waals surface area contributed by atoms with E-state index in [1.807, 2.05) is 0 Å². The van der Waals surface area contributed by atoms with Crippen LogP contribution in [0.25, 0.3) is 88.4 Å². The molecule has 234 valence electrons. The van der Waals surface area contributed by atoms with Crippen LogP contribution in [0.5, 0.6) is 0 Å². The summed E-state index contributed by atoms with van der Waals surface area (Å²) in [6.45, 7) is 0. The third kappa shape index (κ3) is 4.43. The predicted molar refractivity (Wildman–Crippen MR) is 211 cm³/mol. The van der Waals surface area contributed by atoms with Crippen molar-refractivity contribution in [2.45, 2.75) is 0 Å². The predicted octanol–water partition coefficient (Wildman–Crippen LogP) is 12.9. The van der Waals surface area contributed by atoms with Gasteiger partial charge in [0.05, 0.1) is 22.1 Å². The van der Waals surface area contributed by atoms with Crippen molar-refractivity contribution in [3.63, 3.8) is 0 Å². The number of benzene rings is 8. The Kier molecular flexibility index (Phi) is 6.53. The number of para-hydroxylation sites is 2. The van der Waals surface area contributed by atoms with Gasteiger partial charge >= 0.3 is 0 Å². The largest absolute Gasteiger partial charge is 0.309 e. The van der Waals surface area contributed by atoms with E-state index in [-0.39, 0.29) is 0 Å². The maximum absolute atomic E-state index is 2.43. The molecule has 0 radical (unpaired) electrons. The third-order valence-corrected chi connectivity index (χ3v) is 10.1. The van der Waals surface area contributed by atoms with Gasteiger partial charge in [-0.2, -0.15) is 0 Å². The fourth-order valence-electron chi connectivity index (χ4n) is 7.92. The van der Waals surface area contributed by atoms with Crippen molar-refractivity contribution in [2.24, 2.45) is 0 Å². The minimum Gasteiger partial charge on any atom is -0.309 e. The van der Waals surface area contributed by atoms with Crippen LogP contribution in [0.1, 0.15) is 0 Å². The first kappa shape index (κ1) is 28.4. The summed E-state index contributed by atoms with van der Waals surface area (Å²) < 4.78 is 4.86. The Labute approximate surface area is 290 Å². The second-order valence-corrected chi connectivity index (χ2v) is 12.9. The fourth-order valence-corrected chi connectivity index (χ4v) is 7.92. The molecule has 10 rings (SSSR count). The van der Waals surface area contributed by atoms with E-state index in [0.29, 0.717) is 0 Å². The molecule has 50 heavy (non-hydrogen) atoms. The molecule has 0 N–H and O–H groups in total. The molecule has 0 unspecified atom stereocenters. The number of nitrogens with zero attached hydrogens (tertiary/aromatic N) is 2. The Hall–Kier alpha value is -6.64.